The average molecular weight is 274 g/mol. The number of rotatable bonds is 12. The molecule has 0 bridgehead atoms. The minimum atomic E-state index is 0.310. The van der Waals surface area contributed by atoms with Crippen molar-refractivity contribution in [2.45, 2.75) is 51.9 Å². The molecule has 0 amide bonds. The lowest BCUT2D eigenvalue weighted by molar-refractivity contribution is 0.285. The van der Waals surface area contributed by atoms with Crippen LogP contribution < -0.4 is 0 Å². The molecule has 0 rings (SSSR count). The molecule has 0 atom stereocenters. The van der Waals surface area contributed by atoms with E-state index in [2.05, 4.69) is 60.8 Å². The summed E-state index contributed by atoms with van der Waals surface area (Å²) in [7, 11) is 0. The minimum Gasteiger partial charge on any atom is -0.396 e. The quantitative estimate of drug-likeness (QED) is 0.367. The van der Waals surface area contributed by atoms with Gasteiger partial charge in [0.25, 0.3) is 0 Å². The first-order valence-corrected chi connectivity index (χ1v) is 7.73. The third-order valence-corrected chi connectivity index (χ3v) is 2.77. The molecule has 0 aromatic carbocycles. The topological polar surface area (TPSA) is 20.2 Å². The van der Waals surface area contributed by atoms with Gasteiger partial charge in [0.1, 0.15) is 0 Å². The number of aliphatic hydroxyl groups is 1. The number of allylic oxidation sites excluding steroid dienone is 10. The molecule has 0 saturated heterocycles. The maximum atomic E-state index is 8.63. The Morgan fingerprint density at radius 1 is 0.600 bits per heavy atom. The summed E-state index contributed by atoms with van der Waals surface area (Å²) in [5.74, 6) is 0. The van der Waals surface area contributed by atoms with Crippen LogP contribution in [0, 0.1) is 0 Å². The molecule has 1 nitrogen and oxygen atoms in total. The van der Waals surface area contributed by atoms with Crippen LogP contribution in [0.1, 0.15) is 51.9 Å². The first kappa shape index (κ1) is 18.7. The summed E-state index contributed by atoms with van der Waals surface area (Å²) in [5.41, 5.74) is 0. The lowest BCUT2D eigenvalue weighted by Gasteiger charge is -1.90. The van der Waals surface area contributed by atoms with E-state index in [9.17, 15) is 0 Å². The van der Waals surface area contributed by atoms with Crippen molar-refractivity contribution in [3.8, 4) is 0 Å². The van der Waals surface area contributed by atoms with Gasteiger partial charge in [0.05, 0.1) is 0 Å². The smallest absolute Gasteiger partial charge is 0.0431 e. The standard InChI is InChI=1S/C19H30O/c1-2-3-4-5-6-7-8-9-10-11-12-13-14-15-16-17-18-19-20/h2-3,5-6,8-9,11-12,14-15,20H,4,7,10,13,16-19H2,1H3/b3-2-,6-5-,9-8-,12-11-,15-14-. The second-order valence-electron chi connectivity index (χ2n) is 4.62. The summed E-state index contributed by atoms with van der Waals surface area (Å²) in [6.45, 7) is 2.36. The van der Waals surface area contributed by atoms with Crippen molar-refractivity contribution in [1.82, 2.24) is 0 Å². The van der Waals surface area contributed by atoms with Crippen molar-refractivity contribution in [1.29, 1.82) is 0 Å². The lowest BCUT2D eigenvalue weighted by atomic mass is 10.2. The van der Waals surface area contributed by atoms with Crippen LogP contribution >= 0.6 is 0 Å². The number of aliphatic hydroxyl groups excluding tert-OH is 1. The van der Waals surface area contributed by atoms with Crippen LogP contribution in [0.5, 0.6) is 0 Å². The average Bonchev–Trinajstić information content (AvgIpc) is 2.47. The molecule has 20 heavy (non-hydrogen) atoms. The van der Waals surface area contributed by atoms with Gasteiger partial charge in [-0.15, -0.1) is 0 Å². The van der Waals surface area contributed by atoms with Crippen molar-refractivity contribution < 1.29 is 5.11 Å². The Kier molecular flexibility index (Phi) is 16.5. The maximum absolute atomic E-state index is 8.63. The minimum absolute atomic E-state index is 0.310. The Morgan fingerprint density at radius 3 is 1.50 bits per heavy atom. The summed E-state index contributed by atoms with van der Waals surface area (Å²) in [4.78, 5) is 0. The molecule has 1 heteroatoms. The van der Waals surface area contributed by atoms with Gasteiger partial charge in [-0.3, -0.25) is 0 Å². The molecule has 1 N–H and O–H groups in total. The largest absolute Gasteiger partial charge is 0.396 e. The fourth-order valence-electron chi connectivity index (χ4n) is 1.62. The molecular weight excluding hydrogens is 244 g/mol. The van der Waals surface area contributed by atoms with Gasteiger partial charge in [-0.2, -0.15) is 0 Å². The molecule has 0 aromatic rings. The Bertz CT molecular complexity index is 319. The van der Waals surface area contributed by atoms with Crippen LogP contribution in [0.3, 0.4) is 0 Å². The van der Waals surface area contributed by atoms with Gasteiger partial charge in [0.15, 0.2) is 0 Å². The van der Waals surface area contributed by atoms with Crippen molar-refractivity contribution in [2.75, 3.05) is 6.61 Å². The SMILES string of the molecule is C/C=C\C/C=C\C/C=C\C/C=C\C/C=C\CCCCO. The van der Waals surface area contributed by atoms with Gasteiger partial charge >= 0.3 is 0 Å². The highest BCUT2D eigenvalue weighted by Gasteiger charge is 1.81. The third kappa shape index (κ3) is 16.7. The van der Waals surface area contributed by atoms with Crippen molar-refractivity contribution in [3.63, 3.8) is 0 Å². The predicted octanol–water partition coefficient (Wildman–Crippen LogP) is 5.51. The molecule has 0 aliphatic rings. The fourth-order valence-corrected chi connectivity index (χ4v) is 1.62. The normalized spacial score (nSPS) is 13.1. The monoisotopic (exact) mass is 274 g/mol. The molecule has 0 unspecified atom stereocenters. The van der Waals surface area contributed by atoms with E-state index in [0.717, 1.165) is 44.9 Å². The summed E-state index contributed by atoms with van der Waals surface area (Å²) in [6, 6.07) is 0. The van der Waals surface area contributed by atoms with Gasteiger partial charge in [-0.25, -0.2) is 0 Å². The van der Waals surface area contributed by atoms with E-state index >= 15 is 0 Å². The van der Waals surface area contributed by atoms with Gasteiger partial charge in [-0.1, -0.05) is 60.8 Å². The molecule has 0 spiro atoms. The molecule has 0 saturated carbocycles. The second kappa shape index (κ2) is 17.7. The van der Waals surface area contributed by atoms with Crippen LogP contribution in [0.25, 0.3) is 0 Å². The first-order chi connectivity index (χ1) is 9.91. The van der Waals surface area contributed by atoms with Gasteiger partial charge in [-0.05, 0) is 51.9 Å². The molecule has 0 heterocycles. The summed E-state index contributed by atoms with van der Waals surface area (Å²) < 4.78 is 0. The Morgan fingerprint density at radius 2 is 1.05 bits per heavy atom. The van der Waals surface area contributed by atoms with Crippen molar-refractivity contribution in [3.05, 3.63) is 60.8 Å². The molecule has 0 aliphatic carbocycles. The van der Waals surface area contributed by atoms with Crippen LogP contribution in [0.15, 0.2) is 60.8 Å². The van der Waals surface area contributed by atoms with E-state index in [4.69, 9.17) is 5.11 Å². The van der Waals surface area contributed by atoms with E-state index in [1.54, 1.807) is 0 Å². The number of unbranched alkanes of at least 4 members (excludes halogenated alkanes) is 2. The third-order valence-electron chi connectivity index (χ3n) is 2.77. The number of hydrogen-bond acceptors (Lipinski definition) is 1. The molecule has 0 aromatic heterocycles. The highest BCUT2D eigenvalue weighted by atomic mass is 16.2. The summed E-state index contributed by atoms with van der Waals surface area (Å²) >= 11 is 0. The van der Waals surface area contributed by atoms with Crippen LogP contribution in [-0.4, -0.2) is 11.7 Å². The zero-order chi connectivity index (χ0) is 14.7. The molecular formula is C19H30O. The molecule has 0 fully saturated rings. The molecule has 0 radical (unpaired) electrons. The highest BCUT2D eigenvalue weighted by Crippen LogP contribution is 1.98. The zero-order valence-electron chi connectivity index (χ0n) is 12.9. The van der Waals surface area contributed by atoms with E-state index < -0.39 is 0 Å². The lowest BCUT2D eigenvalue weighted by Crippen LogP contribution is -1.79. The van der Waals surface area contributed by atoms with E-state index in [-0.39, 0.29) is 0 Å². The van der Waals surface area contributed by atoms with E-state index in [1.165, 1.54) is 0 Å². The van der Waals surface area contributed by atoms with Crippen molar-refractivity contribution >= 4 is 0 Å². The Balaban J connectivity index is 3.40. The number of hydrogen-bond donors (Lipinski definition) is 1. The Hall–Kier alpha value is -1.34. The van der Waals surface area contributed by atoms with E-state index in [1.807, 2.05) is 6.92 Å². The van der Waals surface area contributed by atoms with Crippen LogP contribution in [0.4, 0.5) is 0 Å². The molecule has 0 aliphatic heterocycles. The van der Waals surface area contributed by atoms with Gasteiger partial charge in [0, 0.05) is 6.61 Å². The second-order valence-corrected chi connectivity index (χ2v) is 4.62. The highest BCUT2D eigenvalue weighted by molar-refractivity contribution is 5.00. The van der Waals surface area contributed by atoms with Crippen LogP contribution in [-0.2, 0) is 0 Å². The zero-order valence-corrected chi connectivity index (χ0v) is 12.9. The van der Waals surface area contributed by atoms with E-state index in [0.29, 0.717) is 6.61 Å². The summed E-state index contributed by atoms with van der Waals surface area (Å²) in [6.07, 6.45) is 29.0. The molecule has 112 valence electrons. The van der Waals surface area contributed by atoms with Crippen molar-refractivity contribution in [2.24, 2.45) is 0 Å². The first-order valence-electron chi connectivity index (χ1n) is 7.73. The van der Waals surface area contributed by atoms with Crippen LogP contribution in [0.2, 0.25) is 0 Å². The predicted molar refractivity (Wildman–Crippen MR) is 90.8 cm³/mol. The fraction of sp³-hybridized carbons (Fsp3) is 0.474. The summed E-state index contributed by atoms with van der Waals surface area (Å²) in [5, 5.41) is 8.63. The van der Waals surface area contributed by atoms with Gasteiger partial charge in [0.2, 0.25) is 0 Å². The van der Waals surface area contributed by atoms with Gasteiger partial charge < -0.3 is 5.11 Å². The maximum Gasteiger partial charge on any atom is 0.0431 e. The Labute approximate surface area is 125 Å².